The lowest BCUT2D eigenvalue weighted by Gasteiger charge is -2.18. The second kappa shape index (κ2) is 8.30. The molecule has 0 fully saturated rings. The zero-order chi connectivity index (χ0) is 18.5. The van der Waals surface area contributed by atoms with Crippen molar-refractivity contribution in [2.24, 2.45) is 0 Å². The van der Waals surface area contributed by atoms with Gasteiger partial charge in [0, 0.05) is 20.6 Å². The average Bonchev–Trinajstić information content (AvgIpc) is 2.67. The monoisotopic (exact) mass is 428 g/mol. The summed E-state index contributed by atoms with van der Waals surface area (Å²) in [5.74, 6) is -0.869. The number of Topliss-reactive ketones (excluding diaryl/α,β-unsaturated/α-hetero) is 1. The number of benzene rings is 3. The summed E-state index contributed by atoms with van der Waals surface area (Å²) in [7, 11) is 0. The van der Waals surface area contributed by atoms with Crippen LogP contribution in [-0.4, -0.2) is 11.8 Å². The molecule has 0 radical (unpaired) electrons. The number of hydrogen-bond acceptors (Lipinski definition) is 3. The highest BCUT2D eigenvalue weighted by molar-refractivity contribution is 9.10. The molecule has 0 saturated carbocycles. The third kappa shape index (κ3) is 4.40. The smallest absolute Gasteiger partial charge is 0.339 e. The molecule has 3 aromatic rings. The summed E-state index contributed by atoms with van der Waals surface area (Å²) in [4.78, 5) is 25.5. The molecule has 0 N–H and O–H groups in total. The average molecular weight is 430 g/mol. The Labute approximate surface area is 164 Å². The number of ether oxygens (including phenoxy) is 1. The number of rotatable bonds is 5. The number of carbonyl (C=O) groups is 2. The van der Waals surface area contributed by atoms with Crippen LogP contribution in [0, 0.1) is 0 Å². The Hall–Kier alpha value is -2.43. The minimum absolute atomic E-state index is 0.295. The van der Waals surface area contributed by atoms with Crippen LogP contribution in [0.15, 0.2) is 83.3 Å². The van der Waals surface area contributed by atoms with Gasteiger partial charge in [-0.3, -0.25) is 4.79 Å². The van der Waals surface area contributed by atoms with Gasteiger partial charge in [-0.1, -0.05) is 76.1 Å². The molecule has 0 aliphatic carbocycles. The summed E-state index contributed by atoms with van der Waals surface area (Å²) >= 11 is 9.26. The zero-order valence-electron chi connectivity index (χ0n) is 13.6. The maximum absolute atomic E-state index is 12.9. The van der Waals surface area contributed by atoms with Gasteiger partial charge in [-0.2, -0.15) is 0 Å². The quantitative estimate of drug-likeness (QED) is 0.375. The first-order valence-electron chi connectivity index (χ1n) is 7.86. The van der Waals surface area contributed by atoms with E-state index in [0.717, 1.165) is 4.47 Å². The van der Waals surface area contributed by atoms with E-state index < -0.39 is 12.1 Å². The number of carbonyl (C=O) groups excluding carboxylic acids is 2. The lowest BCUT2D eigenvalue weighted by atomic mass is 9.99. The summed E-state index contributed by atoms with van der Waals surface area (Å²) in [5.41, 5.74) is 1.39. The van der Waals surface area contributed by atoms with E-state index in [9.17, 15) is 9.59 Å². The maximum atomic E-state index is 12.9. The first-order valence-corrected chi connectivity index (χ1v) is 9.03. The topological polar surface area (TPSA) is 43.4 Å². The molecule has 0 aliphatic heterocycles. The predicted molar refractivity (Wildman–Crippen MR) is 105 cm³/mol. The molecule has 130 valence electrons. The molecule has 0 aliphatic rings. The van der Waals surface area contributed by atoms with Crippen LogP contribution in [0.5, 0.6) is 0 Å². The standard InChI is InChI=1S/C21H14BrClO3/c22-17-8-4-7-16(13-17)21(25)26-20(15-9-11-18(23)12-10-15)19(24)14-5-2-1-3-6-14/h1-13,20H/t20-/m1/s1. The normalized spacial score (nSPS) is 11.6. The van der Waals surface area contributed by atoms with Crippen molar-refractivity contribution in [3.8, 4) is 0 Å². The Morgan fingerprint density at radius 1 is 0.846 bits per heavy atom. The molecular weight excluding hydrogens is 416 g/mol. The molecule has 5 heteroatoms. The van der Waals surface area contributed by atoms with Crippen LogP contribution in [0.2, 0.25) is 5.02 Å². The first-order chi connectivity index (χ1) is 12.5. The van der Waals surface area contributed by atoms with Crippen LogP contribution >= 0.6 is 27.5 Å². The summed E-state index contributed by atoms with van der Waals surface area (Å²) in [6.07, 6.45) is -1.05. The fourth-order valence-electron chi connectivity index (χ4n) is 2.45. The molecular formula is C21H14BrClO3. The third-order valence-electron chi connectivity index (χ3n) is 3.75. The number of hydrogen-bond donors (Lipinski definition) is 0. The minimum atomic E-state index is -1.05. The van der Waals surface area contributed by atoms with E-state index in [4.69, 9.17) is 16.3 Å². The lowest BCUT2D eigenvalue weighted by Crippen LogP contribution is -2.20. The third-order valence-corrected chi connectivity index (χ3v) is 4.50. The zero-order valence-corrected chi connectivity index (χ0v) is 15.9. The van der Waals surface area contributed by atoms with Crippen molar-refractivity contribution in [2.75, 3.05) is 0 Å². The van der Waals surface area contributed by atoms with Gasteiger partial charge in [-0.15, -0.1) is 0 Å². The van der Waals surface area contributed by atoms with Crippen LogP contribution in [-0.2, 0) is 4.74 Å². The van der Waals surface area contributed by atoms with Crippen LogP contribution < -0.4 is 0 Å². The number of ketones is 1. The van der Waals surface area contributed by atoms with E-state index >= 15 is 0 Å². The summed E-state index contributed by atoms with van der Waals surface area (Å²) in [6, 6.07) is 22.3. The SMILES string of the molecule is O=C(O[C@@H](C(=O)c1ccccc1)c1ccc(Cl)cc1)c1cccc(Br)c1. The molecule has 3 aromatic carbocycles. The van der Waals surface area contributed by atoms with Crippen molar-refractivity contribution in [3.05, 3.63) is 105 Å². The molecule has 0 saturated heterocycles. The molecule has 0 unspecified atom stereocenters. The molecule has 1 atom stereocenters. The Kier molecular flexibility index (Phi) is 5.86. The van der Waals surface area contributed by atoms with E-state index in [0.29, 0.717) is 21.7 Å². The Morgan fingerprint density at radius 2 is 1.50 bits per heavy atom. The largest absolute Gasteiger partial charge is 0.445 e. The van der Waals surface area contributed by atoms with Gasteiger partial charge in [0.2, 0.25) is 5.78 Å². The van der Waals surface area contributed by atoms with Crippen LogP contribution in [0.25, 0.3) is 0 Å². The molecule has 3 rings (SSSR count). The molecule has 0 amide bonds. The molecule has 3 nitrogen and oxygen atoms in total. The van der Waals surface area contributed by atoms with Crippen molar-refractivity contribution in [2.45, 2.75) is 6.10 Å². The van der Waals surface area contributed by atoms with Crippen molar-refractivity contribution in [3.63, 3.8) is 0 Å². The Morgan fingerprint density at radius 3 is 2.15 bits per heavy atom. The van der Waals surface area contributed by atoms with E-state index in [1.54, 1.807) is 66.7 Å². The Balaban J connectivity index is 1.94. The van der Waals surface area contributed by atoms with Crippen molar-refractivity contribution >= 4 is 39.3 Å². The second-order valence-corrected chi connectivity index (χ2v) is 6.93. The summed E-state index contributed by atoms with van der Waals surface area (Å²) in [6.45, 7) is 0. The van der Waals surface area contributed by atoms with Crippen LogP contribution in [0.1, 0.15) is 32.4 Å². The fraction of sp³-hybridized carbons (Fsp3) is 0.0476. The molecule has 0 bridgehead atoms. The maximum Gasteiger partial charge on any atom is 0.339 e. The fourth-order valence-corrected chi connectivity index (χ4v) is 2.98. The van der Waals surface area contributed by atoms with Gasteiger partial charge in [0.05, 0.1) is 5.56 Å². The molecule has 0 aromatic heterocycles. The van der Waals surface area contributed by atoms with E-state index in [-0.39, 0.29) is 5.78 Å². The molecule has 0 heterocycles. The van der Waals surface area contributed by atoms with E-state index in [1.807, 2.05) is 12.1 Å². The number of esters is 1. The summed E-state index contributed by atoms with van der Waals surface area (Å²) < 4.78 is 6.34. The molecule has 0 spiro atoms. The van der Waals surface area contributed by atoms with Gasteiger partial charge in [0.15, 0.2) is 6.10 Å². The van der Waals surface area contributed by atoms with Gasteiger partial charge in [0.25, 0.3) is 0 Å². The Bertz CT molecular complexity index is 924. The van der Waals surface area contributed by atoms with Crippen LogP contribution in [0.4, 0.5) is 0 Å². The molecule has 26 heavy (non-hydrogen) atoms. The van der Waals surface area contributed by atoms with Crippen molar-refractivity contribution < 1.29 is 14.3 Å². The van der Waals surface area contributed by atoms with Gasteiger partial charge >= 0.3 is 5.97 Å². The van der Waals surface area contributed by atoms with Gasteiger partial charge in [-0.25, -0.2) is 4.79 Å². The lowest BCUT2D eigenvalue weighted by molar-refractivity contribution is 0.0280. The predicted octanol–water partition coefficient (Wildman–Crippen LogP) is 5.88. The van der Waals surface area contributed by atoms with Crippen LogP contribution in [0.3, 0.4) is 0 Å². The minimum Gasteiger partial charge on any atom is -0.445 e. The highest BCUT2D eigenvalue weighted by Gasteiger charge is 2.26. The second-order valence-electron chi connectivity index (χ2n) is 5.58. The van der Waals surface area contributed by atoms with E-state index in [2.05, 4.69) is 15.9 Å². The van der Waals surface area contributed by atoms with E-state index in [1.165, 1.54) is 0 Å². The van der Waals surface area contributed by atoms with Crippen molar-refractivity contribution in [1.82, 2.24) is 0 Å². The summed E-state index contributed by atoms with van der Waals surface area (Å²) in [5, 5.41) is 0.540. The number of halogens is 2. The van der Waals surface area contributed by atoms with Gasteiger partial charge in [0.1, 0.15) is 0 Å². The van der Waals surface area contributed by atoms with Crippen molar-refractivity contribution in [1.29, 1.82) is 0 Å². The van der Waals surface area contributed by atoms with Gasteiger partial charge in [-0.05, 0) is 30.3 Å². The first kappa shape index (κ1) is 18.4. The highest BCUT2D eigenvalue weighted by Crippen LogP contribution is 2.26. The highest BCUT2D eigenvalue weighted by atomic mass is 79.9. The van der Waals surface area contributed by atoms with Gasteiger partial charge < -0.3 is 4.74 Å².